The van der Waals surface area contributed by atoms with Crippen molar-refractivity contribution in [1.29, 1.82) is 0 Å². The predicted molar refractivity (Wildman–Crippen MR) is 72.8 cm³/mol. The monoisotopic (exact) mass is 275 g/mol. The zero-order chi connectivity index (χ0) is 14.3. The van der Waals surface area contributed by atoms with Crippen molar-refractivity contribution in [3.63, 3.8) is 0 Å². The summed E-state index contributed by atoms with van der Waals surface area (Å²) in [4.78, 5) is 4.08. The second-order valence-electron chi connectivity index (χ2n) is 4.39. The molecule has 0 saturated carbocycles. The maximum absolute atomic E-state index is 13.9. The number of nitrogens with one attached hydrogen (secondary N) is 1. The van der Waals surface area contributed by atoms with E-state index in [1.807, 2.05) is 0 Å². The molecule has 6 heteroatoms. The molecule has 102 valence electrons. The highest BCUT2D eigenvalue weighted by Gasteiger charge is 2.15. The summed E-state index contributed by atoms with van der Waals surface area (Å²) in [6.07, 6.45) is 0. The van der Waals surface area contributed by atoms with Gasteiger partial charge in [-0.25, -0.2) is 8.78 Å². The number of benzene rings is 2. The van der Waals surface area contributed by atoms with Gasteiger partial charge in [-0.2, -0.15) is 4.98 Å². The first-order chi connectivity index (χ1) is 9.56. The first-order valence-electron chi connectivity index (χ1n) is 5.93. The van der Waals surface area contributed by atoms with E-state index in [1.54, 1.807) is 25.1 Å². The van der Waals surface area contributed by atoms with Gasteiger partial charge in [0.15, 0.2) is 11.4 Å². The van der Waals surface area contributed by atoms with Gasteiger partial charge in [-0.1, -0.05) is 12.1 Å². The molecule has 0 fully saturated rings. The van der Waals surface area contributed by atoms with E-state index in [-0.39, 0.29) is 11.7 Å². The van der Waals surface area contributed by atoms with Crippen LogP contribution in [-0.2, 0) is 0 Å². The highest BCUT2D eigenvalue weighted by Crippen LogP contribution is 2.28. The van der Waals surface area contributed by atoms with Crippen LogP contribution in [0.25, 0.3) is 11.1 Å². The number of oxazole rings is 1. The molecular weight excluding hydrogens is 264 g/mol. The van der Waals surface area contributed by atoms with E-state index in [1.165, 1.54) is 12.1 Å². The topological polar surface area (TPSA) is 64.1 Å². The third-order valence-electron chi connectivity index (χ3n) is 2.97. The maximum atomic E-state index is 13.9. The number of aromatic nitrogens is 1. The third-order valence-corrected chi connectivity index (χ3v) is 2.97. The van der Waals surface area contributed by atoms with Crippen LogP contribution in [0.3, 0.4) is 0 Å². The van der Waals surface area contributed by atoms with E-state index in [0.717, 1.165) is 0 Å². The molecule has 3 rings (SSSR count). The molecule has 0 bridgehead atoms. The second kappa shape index (κ2) is 4.48. The number of hydrogen-bond donors (Lipinski definition) is 2. The van der Waals surface area contributed by atoms with E-state index >= 15 is 0 Å². The normalized spacial score (nSPS) is 10.9. The van der Waals surface area contributed by atoms with E-state index in [0.29, 0.717) is 22.4 Å². The van der Waals surface area contributed by atoms with E-state index in [2.05, 4.69) is 10.3 Å². The lowest BCUT2D eigenvalue weighted by molar-refractivity contribution is 0.576. The minimum atomic E-state index is -0.719. The number of rotatable bonds is 2. The molecule has 0 aliphatic rings. The van der Waals surface area contributed by atoms with Crippen molar-refractivity contribution in [3.05, 3.63) is 47.5 Å². The summed E-state index contributed by atoms with van der Waals surface area (Å²) in [5, 5.41) is 2.51. The van der Waals surface area contributed by atoms with Crippen LogP contribution in [0.4, 0.5) is 26.2 Å². The largest absolute Gasteiger partial charge is 0.423 e. The molecule has 0 aliphatic heterocycles. The van der Waals surface area contributed by atoms with Crippen molar-refractivity contribution in [1.82, 2.24) is 4.98 Å². The molecule has 0 spiro atoms. The summed E-state index contributed by atoms with van der Waals surface area (Å²) in [6.45, 7) is 1.55. The number of fused-ring (bicyclic) bond motifs is 1. The van der Waals surface area contributed by atoms with E-state index < -0.39 is 11.6 Å². The Kier molecular flexibility index (Phi) is 2.78. The number of nitrogens with zero attached hydrogens (tertiary/aromatic N) is 1. The summed E-state index contributed by atoms with van der Waals surface area (Å²) < 4.78 is 32.9. The van der Waals surface area contributed by atoms with Gasteiger partial charge in [0.25, 0.3) is 0 Å². The second-order valence-corrected chi connectivity index (χ2v) is 4.39. The smallest absolute Gasteiger partial charge is 0.300 e. The molecule has 4 nitrogen and oxygen atoms in total. The Balaban J connectivity index is 2.06. The zero-order valence-electron chi connectivity index (χ0n) is 10.6. The van der Waals surface area contributed by atoms with Crippen molar-refractivity contribution < 1.29 is 13.2 Å². The van der Waals surface area contributed by atoms with Crippen molar-refractivity contribution in [3.8, 4) is 0 Å². The number of nitrogens with two attached hydrogens (primary N) is 1. The van der Waals surface area contributed by atoms with Crippen LogP contribution in [-0.4, -0.2) is 4.98 Å². The number of halogens is 2. The molecule has 0 aliphatic carbocycles. The molecule has 20 heavy (non-hydrogen) atoms. The molecule has 3 N–H and O–H groups in total. The fraction of sp³-hybridized carbons (Fsp3) is 0.0714. The Hall–Kier alpha value is -2.63. The average Bonchev–Trinajstić information content (AvgIpc) is 2.83. The van der Waals surface area contributed by atoms with Crippen molar-refractivity contribution in [2.24, 2.45) is 0 Å². The van der Waals surface area contributed by atoms with Crippen LogP contribution in [0, 0.1) is 18.6 Å². The van der Waals surface area contributed by atoms with Crippen LogP contribution < -0.4 is 11.1 Å². The predicted octanol–water partition coefficient (Wildman–Crippen LogP) is 3.74. The van der Waals surface area contributed by atoms with Crippen LogP contribution in [0.15, 0.2) is 34.7 Å². The summed E-state index contributed by atoms with van der Waals surface area (Å²) in [5.74, 6) is -1.40. The van der Waals surface area contributed by atoms with Crippen LogP contribution in [0.2, 0.25) is 0 Å². The number of hydrogen-bond acceptors (Lipinski definition) is 4. The highest BCUT2D eigenvalue weighted by molar-refractivity contribution is 5.86. The average molecular weight is 275 g/mol. The minimum absolute atomic E-state index is 0.0127. The standard InChI is InChI=1S/C14H11F2N3O/c1-7-5-6-8(15)12(11(7)16)18-14-19-13-9(17)3-2-4-10(13)20-14/h2-6H,17H2,1H3,(H,18,19). The van der Waals surface area contributed by atoms with Crippen LogP contribution in [0.1, 0.15) is 5.56 Å². The Labute approximate surface area is 113 Å². The zero-order valence-corrected chi connectivity index (χ0v) is 10.6. The molecule has 0 amide bonds. The lowest BCUT2D eigenvalue weighted by atomic mass is 10.2. The van der Waals surface area contributed by atoms with Gasteiger partial charge in [-0.15, -0.1) is 0 Å². The van der Waals surface area contributed by atoms with Gasteiger partial charge in [0, 0.05) is 0 Å². The fourth-order valence-electron chi connectivity index (χ4n) is 1.90. The Bertz CT molecular complexity index is 798. The van der Waals surface area contributed by atoms with Crippen LogP contribution >= 0.6 is 0 Å². The summed E-state index contributed by atoms with van der Waals surface area (Å²) in [6, 6.07) is 7.58. The third kappa shape index (κ3) is 1.95. The molecule has 0 unspecified atom stereocenters. The molecule has 1 aromatic heterocycles. The van der Waals surface area contributed by atoms with Gasteiger partial charge < -0.3 is 15.5 Å². The molecule has 0 atom stereocenters. The van der Waals surface area contributed by atoms with E-state index in [9.17, 15) is 8.78 Å². The quantitative estimate of drug-likeness (QED) is 0.699. The lowest BCUT2D eigenvalue weighted by Crippen LogP contribution is -1.99. The van der Waals surface area contributed by atoms with Gasteiger partial charge in [-0.05, 0) is 30.7 Å². The maximum Gasteiger partial charge on any atom is 0.300 e. The molecular formula is C14H11F2N3O. The van der Waals surface area contributed by atoms with E-state index in [4.69, 9.17) is 10.2 Å². The minimum Gasteiger partial charge on any atom is -0.423 e. The number of anilines is 3. The summed E-state index contributed by atoms with van der Waals surface area (Å²) >= 11 is 0. The highest BCUT2D eigenvalue weighted by atomic mass is 19.1. The van der Waals surface area contributed by atoms with Gasteiger partial charge in [0.2, 0.25) is 0 Å². The molecule has 1 heterocycles. The van der Waals surface area contributed by atoms with Crippen LogP contribution in [0.5, 0.6) is 0 Å². The number of nitrogen functional groups attached to an aromatic ring is 1. The van der Waals surface area contributed by atoms with Crippen molar-refractivity contribution in [2.75, 3.05) is 11.1 Å². The Morgan fingerprint density at radius 3 is 2.75 bits per heavy atom. The fourth-order valence-corrected chi connectivity index (χ4v) is 1.90. The van der Waals surface area contributed by atoms with Gasteiger partial charge in [-0.3, -0.25) is 0 Å². The van der Waals surface area contributed by atoms with Gasteiger partial charge >= 0.3 is 6.01 Å². The lowest BCUT2D eigenvalue weighted by Gasteiger charge is -2.06. The molecule has 3 aromatic rings. The SMILES string of the molecule is Cc1ccc(F)c(Nc2nc3c(N)cccc3o2)c1F. The summed E-state index contributed by atoms with van der Waals surface area (Å²) in [5.41, 5.74) is 7.10. The van der Waals surface area contributed by atoms with Gasteiger partial charge in [0.05, 0.1) is 5.69 Å². The molecule has 0 radical (unpaired) electrons. The van der Waals surface area contributed by atoms with Crippen molar-refractivity contribution in [2.45, 2.75) is 6.92 Å². The first kappa shape index (κ1) is 12.4. The summed E-state index contributed by atoms with van der Waals surface area (Å²) in [7, 11) is 0. The Morgan fingerprint density at radius 2 is 2.00 bits per heavy atom. The molecule has 2 aromatic carbocycles. The number of para-hydroxylation sites is 1. The Morgan fingerprint density at radius 1 is 1.20 bits per heavy atom. The first-order valence-corrected chi connectivity index (χ1v) is 5.93. The van der Waals surface area contributed by atoms with Crippen molar-refractivity contribution >= 4 is 28.5 Å². The van der Waals surface area contributed by atoms with Gasteiger partial charge in [0.1, 0.15) is 17.0 Å². The molecule has 0 saturated heterocycles. The number of aryl methyl sites for hydroxylation is 1.